The molecule has 0 N–H and O–H groups in total. The molecule has 0 atom stereocenters. The Morgan fingerprint density at radius 3 is 1.55 bits per heavy atom. The minimum atomic E-state index is 0.729. The van der Waals surface area contributed by atoms with E-state index in [1.807, 2.05) is 23.5 Å². The molecule has 0 unspecified atom stereocenters. The lowest BCUT2D eigenvalue weighted by Gasteiger charge is -2.11. The third-order valence-electron chi connectivity index (χ3n) is 1.72. The molecule has 1 aliphatic rings. The molecule has 0 aromatic rings. The van der Waals surface area contributed by atoms with Crippen molar-refractivity contribution in [1.82, 2.24) is 0 Å². The normalized spacial score (nSPS) is 19.1. The number of rotatable bonds is 2. The Hall–Kier alpha value is 0.440. The monoisotopic (exact) mass is 188 g/mol. The Balaban J connectivity index is 2.77. The molecule has 0 saturated heterocycles. The van der Waals surface area contributed by atoms with E-state index in [1.165, 1.54) is 5.08 Å². The van der Waals surface area contributed by atoms with Crippen molar-refractivity contribution in [3.05, 3.63) is 9.81 Å². The van der Waals surface area contributed by atoms with Crippen LogP contribution in [0, 0.1) is 11.8 Å². The Morgan fingerprint density at radius 1 is 0.909 bits per heavy atom. The van der Waals surface area contributed by atoms with Crippen LogP contribution in [-0.2, 0) is 0 Å². The van der Waals surface area contributed by atoms with E-state index in [-0.39, 0.29) is 0 Å². The van der Waals surface area contributed by atoms with E-state index in [0.29, 0.717) is 0 Å². The van der Waals surface area contributed by atoms with E-state index in [2.05, 4.69) is 27.7 Å². The molecular weight excluding hydrogens is 172 g/mol. The number of hydrogen-bond acceptors (Lipinski definition) is 2. The molecule has 11 heavy (non-hydrogen) atoms. The highest BCUT2D eigenvalue weighted by Gasteiger charge is 2.20. The maximum absolute atomic E-state index is 2.29. The molecule has 0 aromatic carbocycles. The molecule has 0 nitrogen and oxygen atoms in total. The molecule has 0 radical (unpaired) electrons. The molecule has 0 saturated carbocycles. The predicted molar refractivity (Wildman–Crippen MR) is 56.8 cm³/mol. The van der Waals surface area contributed by atoms with E-state index >= 15 is 0 Å². The van der Waals surface area contributed by atoms with Crippen LogP contribution >= 0.6 is 23.5 Å². The predicted octanol–water partition coefficient (Wildman–Crippen LogP) is 3.95. The highest BCUT2D eigenvalue weighted by molar-refractivity contribution is 8.22. The van der Waals surface area contributed by atoms with Crippen molar-refractivity contribution in [3.63, 3.8) is 0 Å². The average molecular weight is 188 g/mol. The van der Waals surface area contributed by atoms with Gasteiger partial charge in [-0.2, -0.15) is 0 Å². The van der Waals surface area contributed by atoms with Crippen LogP contribution in [0.25, 0.3) is 0 Å². The van der Waals surface area contributed by atoms with Crippen LogP contribution in [0.1, 0.15) is 27.7 Å². The summed E-state index contributed by atoms with van der Waals surface area (Å²) in [6.07, 6.45) is 0. The SMILES string of the molecule is CC(C)C1=C(C(C)C)SCS1. The van der Waals surface area contributed by atoms with Gasteiger partial charge < -0.3 is 0 Å². The molecule has 0 aromatic heterocycles. The third kappa shape index (κ3) is 2.19. The van der Waals surface area contributed by atoms with Crippen LogP contribution < -0.4 is 0 Å². The fourth-order valence-corrected chi connectivity index (χ4v) is 4.23. The van der Waals surface area contributed by atoms with Crippen molar-refractivity contribution >= 4 is 23.5 Å². The van der Waals surface area contributed by atoms with Gasteiger partial charge in [0.15, 0.2) is 0 Å². The Labute approximate surface area is 78.2 Å². The summed E-state index contributed by atoms with van der Waals surface area (Å²) < 4.78 is 0. The Morgan fingerprint density at radius 2 is 1.27 bits per heavy atom. The smallest absolute Gasteiger partial charge is 0.0481 e. The lowest BCUT2D eigenvalue weighted by molar-refractivity contribution is 0.760. The summed E-state index contributed by atoms with van der Waals surface area (Å²) in [4.78, 5) is 3.26. The van der Waals surface area contributed by atoms with Gasteiger partial charge in [-0.15, -0.1) is 23.5 Å². The number of thioether (sulfide) groups is 2. The first-order valence-electron chi connectivity index (χ1n) is 4.12. The van der Waals surface area contributed by atoms with Gasteiger partial charge in [0.1, 0.15) is 0 Å². The van der Waals surface area contributed by atoms with E-state index in [4.69, 9.17) is 0 Å². The fourth-order valence-electron chi connectivity index (χ4n) is 1.20. The topological polar surface area (TPSA) is 0 Å². The maximum atomic E-state index is 2.29. The zero-order chi connectivity index (χ0) is 8.43. The fraction of sp³-hybridized carbons (Fsp3) is 0.778. The van der Waals surface area contributed by atoms with Gasteiger partial charge in [0.2, 0.25) is 0 Å². The van der Waals surface area contributed by atoms with Crippen LogP contribution in [0.4, 0.5) is 0 Å². The van der Waals surface area contributed by atoms with Gasteiger partial charge in [-0.05, 0) is 21.6 Å². The second kappa shape index (κ2) is 3.90. The molecule has 0 amide bonds. The number of allylic oxidation sites excluding steroid dienone is 2. The van der Waals surface area contributed by atoms with Crippen molar-refractivity contribution in [2.75, 3.05) is 5.08 Å². The molecule has 0 spiro atoms. The highest BCUT2D eigenvalue weighted by atomic mass is 32.2. The van der Waals surface area contributed by atoms with E-state index in [9.17, 15) is 0 Å². The first-order chi connectivity index (χ1) is 5.13. The Bertz CT molecular complexity index is 150. The molecule has 2 heteroatoms. The zero-order valence-corrected chi connectivity index (χ0v) is 9.31. The quantitative estimate of drug-likeness (QED) is 0.643. The van der Waals surface area contributed by atoms with E-state index in [1.54, 1.807) is 9.81 Å². The molecule has 1 rings (SSSR count). The van der Waals surface area contributed by atoms with Crippen molar-refractivity contribution in [2.24, 2.45) is 11.8 Å². The van der Waals surface area contributed by atoms with Crippen molar-refractivity contribution in [1.29, 1.82) is 0 Å². The summed E-state index contributed by atoms with van der Waals surface area (Å²) in [5.74, 6) is 1.46. The third-order valence-corrected chi connectivity index (χ3v) is 4.80. The van der Waals surface area contributed by atoms with E-state index < -0.39 is 0 Å². The van der Waals surface area contributed by atoms with Crippen LogP contribution in [0.5, 0.6) is 0 Å². The van der Waals surface area contributed by atoms with Crippen molar-refractivity contribution < 1.29 is 0 Å². The lowest BCUT2D eigenvalue weighted by Crippen LogP contribution is -1.95. The molecule has 0 aliphatic carbocycles. The summed E-state index contributed by atoms with van der Waals surface area (Å²) >= 11 is 4.06. The number of hydrogen-bond donors (Lipinski definition) is 0. The van der Waals surface area contributed by atoms with Crippen LogP contribution in [0.15, 0.2) is 9.81 Å². The maximum Gasteiger partial charge on any atom is 0.0481 e. The first-order valence-corrected chi connectivity index (χ1v) is 6.09. The summed E-state index contributed by atoms with van der Waals surface area (Å²) in [5.41, 5.74) is 0. The van der Waals surface area contributed by atoms with Gasteiger partial charge in [-0.25, -0.2) is 0 Å². The van der Waals surface area contributed by atoms with Crippen molar-refractivity contribution in [3.8, 4) is 0 Å². The lowest BCUT2D eigenvalue weighted by atomic mass is 10.1. The first kappa shape index (κ1) is 9.53. The molecular formula is C9H16S2. The van der Waals surface area contributed by atoms with Gasteiger partial charge in [-0.1, -0.05) is 27.7 Å². The highest BCUT2D eigenvalue weighted by Crippen LogP contribution is 2.46. The van der Waals surface area contributed by atoms with Gasteiger partial charge in [0, 0.05) is 5.08 Å². The molecule has 1 heterocycles. The second-order valence-corrected chi connectivity index (χ2v) is 5.84. The van der Waals surface area contributed by atoms with E-state index in [0.717, 1.165) is 11.8 Å². The molecule has 64 valence electrons. The summed E-state index contributed by atoms with van der Waals surface area (Å²) in [6.45, 7) is 9.15. The minimum absolute atomic E-state index is 0.729. The molecule has 0 bridgehead atoms. The zero-order valence-electron chi connectivity index (χ0n) is 7.68. The van der Waals surface area contributed by atoms with Crippen LogP contribution in [0.3, 0.4) is 0 Å². The van der Waals surface area contributed by atoms with Gasteiger partial charge in [0.05, 0.1) is 0 Å². The summed E-state index contributed by atoms with van der Waals surface area (Å²) in [7, 11) is 0. The Kier molecular flexibility index (Phi) is 3.38. The van der Waals surface area contributed by atoms with Crippen molar-refractivity contribution in [2.45, 2.75) is 27.7 Å². The largest absolute Gasteiger partial charge is 0.118 e. The summed E-state index contributed by atoms with van der Waals surface area (Å²) in [5, 5.41) is 1.24. The average Bonchev–Trinajstić information content (AvgIpc) is 2.32. The second-order valence-electron chi connectivity index (χ2n) is 3.44. The molecule has 1 aliphatic heterocycles. The van der Waals surface area contributed by atoms with Gasteiger partial charge in [0.25, 0.3) is 0 Å². The van der Waals surface area contributed by atoms with Crippen LogP contribution in [-0.4, -0.2) is 5.08 Å². The molecule has 0 fully saturated rings. The van der Waals surface area contributed by atoms with Gasteiger partial charge >= 0.3 is 0 Å². The van der Waals surface area contributed by atoms with Gasteiger partial charge in [-0.3, -0.25) is 0 Å². The summed E-state index contributed by atoms with van der Waals surface area (Å²) in [6, 6.07) is 0. The minimum Gasteiger partial charge on any atom is -0.118 e. The standard InChI is InChI=1S/C9H16S2/c1-6(2)8-9(7(3)4)11-5-10-8/h6-7H,5H2,1-4H3. The van der Waals surface area contributed by atoms with Crippen LogP contribution in [0.2, 0.25) is 0 Å².